The second-order valence-electron chi connectivity index (χ2n) is 6.38. The summed E-state index contributed by atoms with van der Waals surface area (Å²) < 4.78 is 0. The predicted octanol–water partition coefficient (Wildman–Crippen LogP) is 6.05. The number of nitrogens with one attached hydrogen (secondary N) is 2. The average Bonchev–Trinajstić information content (AvgIpc) is 2.67. The first-order valence-corrected chi connectivity index (χ1v) is 9.83. The summed E-state index contributed by atoms with van der Waals surface area (Å²) in [5.74, 6) is 0.442. The van der Waals surface area contributed by atoms with Crippen LogP contribution in [0.25, 0.3) is 6.08 Å². The summed E-state index contributed by atoms with van der Waals surface area (Å²) in [4.78, 5) is 20.7. The van der Waals surface area contributed by atoms with Crippen molar-refractivity contribution < 1.29 is 4.79 Å². The smallest absolute Gasteiger partial charge is 0.248 e. The summed E-state index contributed by atoms with van der Waals surface area (Å²) in [6.45, 7) is 3.94. The highest BCUT2D eigenvalue weighted by atomic mass is 35.5. The van der Waals surface area contributed by atoms with E-state index in [1.807, 2.05) is 38.1 Å². The molecule has 0 bridgehead atoms. The normalized spacial score (nSPS) is 10.9. The molecule has 0 saturated carbocycles. The topological polar surface area (TPSA) is 66.9 Å². The lowest BCUT2D eigenvalue weighted by atomic mass is 10.1. The molecule has 0 radical (unpaired) electrons. The van der Waals surface area contributed by atoms with Crippen molar-refractivity contribution >= 4 is 52.4 Å². The van der Waals surface area contributed by atoms with Gasteiger partial charge in [0.2, 0.25) is 5.91 Å². The lowest BCUT2D eigenvalue weighted by Gasteiger charge is -2.12. The summed E-state index contributed by atoms with van der Waals surface area (Å²) in [5, 5.41) is 7.20. The van der Waals surface area contributed by atoms with E-state index >= 15 is 0 Å². The number of anilines is 3. The molecular formula is C22H20Cl2N4O. The Morgan fingerprint density at radius 2 is 1.93 bits per heavy atom. The fourth-order valence-corrected chi connectivity index (χ4v) is 3.20. The first kappa shape index (κ1) is 20.8. The van der Waals surface area contributed by atoms with Crippen LogP contribution in [0.3, 0.4) is 0 Å². The molecule has 3 rings (SSSR count). The number of rotatable bonds is 6. The van der Waals surface area contributed by atoms with Crippen LogP contribution in [0, 0.1) is 6.92 Å². The monoisotopic (exact) mass is 426 g/mol. The molecule has 1 heterocycles. The number of aromatic nitrogens is 2. The molecule has 0 atom stereocenters. The third-order valence-electron chi connectivity index (χ3n) is 4.20. The van der Waals surface area contributed by atoms with E-state index < -0.39 is 0 Å². The van der Waals surface area contributed by atoms with E-state index in [1.54, 1.807) is 24.3 Å². The number of hydrogen-bond donors (Lipinski definition) is 2. The molecule has 0 saturated heterocycles. The Hall–Kier alpha value is -2.89. The Labute approximate surface area is 179 Å². The van der Waals surface area contributed by atoms with E-state index in [2.05, 4.69) is 20.6 Å². The largest absolute Gasteiger partial charge is 0.340 e. The van der Waals surface area contributed by atoms with Crippen LogP contribution in [0.5, 0.6) is 0 Å². The molecule has 148 valence electrons. The first-order chi connectivity index (χ1) is 13.9. The number of hydrogen-bond acceptors (Lipinski definition) is 4. The van der Waals surface area contributed by atoms with E-state index in [9.17, 15) is 4.79 Å². The van der Waals surface area contributed by atoms with Crippen LogP contribution in [0.4, 0.5) is 17.2 Å². The number of halogens is 2. The Bertz CT molecular complexity index is 1070. The van der Waals surface area contributed by atoms with Crippen LogP contribution in [0.2, 0.25) is 10.0 Å². The molecule has 7 heteroatoms. The second kappa shape index (κ2) is 9.54. The summed E-state index contributed by atoms with van der Waals surface area (Å²) in [6, 6.07) is 12.8. The number of amides is 1. The SMILES string of the molecule is CCc1ccc(Nc2cc(C)ncn2)cc1NC(=O)/C=C/c1ccc(Cl)cc1Cl. The third kappa shape index (κ3) is 5.79. The zero-order chi connectivity index (χ0) is 20.8. The highest BCUT2D eigenvalue weighted by molar-refractivity contribution is 6.35. The zero-order valence-corrected chi connectivity index (χ0v) is 17.6. The molecule has 0 aliphatic carbocycles. The summed E-state index contributed by atoms with van der Waals surface area (Å²) in [7, 11) is 0. The molecule has 1 aromatic heterocycles. The van der Waals surface area contributed by atoms with Crippen LogP contribution in [-0.2, 0) is 11.2 Å². The highest BCUT2D eigenvalue weighted by Crippen LogP contribution is 2.25. The molecule has 3 aromatic rings. The molecule has 0 aliphatic heterocycles. The van der Waals surface area contributed by atoms with Gasteiger partial charge in [-0.25, -0.2) is 9.97 Å². The molecule has 2 N–H and O–H groups in total. The maximum Gasteiger partial charge on any atom is 0.248 e. The van der Waals surface area contributed by atoms with Crippen molar-refractivity contribution in [2.24, 2.45) is 0 Å². The fourth-order valence-electron chi connectivity index (χ4n) is 2.73. The van der Waals surface area contributed by atoms with Crippen molar-refractivity contribution in [2.45, 2.75) is 20.3 Å². The van der Waals surface area contributed by atoms with Crippen LogP contribution < -0.4 is 10.6 Å². The number of carbonyl (C=O) groups is 1. The molecule has 29 heavy (non-hydrogen) atoms. The van der Waals surface area contributed by atoms with Gasteiger partial charge in [0.25, 0.3) is 0 Å². The molecular weight excluding hydrogens is 407 g/mol. The lowest BCUT2D eigenvalue weighted by molar-refractivity contribution is -0.111. The molecule has 0 aliphatic rings. The third-order valence-corrected chi connectivity index (χ3v) is 4.76. The summed E-state index contributed by atoms with van der Waals surface area (Å²) in [6.07, 6.45) is 5.40. The van der Waals surface area contributed by atoms with Gasteiger partial charge in [0, 0.05) is 39.3 Å². The van der Waals surface area contributed by atoms with Gasteiger partial charge in [-0.2, -0.15) is 0 Å². The van der Waals surface area contributed by atoms with Gasteiger partial charge in [-0.15, -0.1) is 0 Å². The van der Waals surface area contributed by atoms with Gasteiger partial charge in [0.1, 0.15) is 12.1 Å². The van der Waals surface area contributed by atoms with E-state index in [-0.39, 0.29) is 5.91 Å². The van der Waals surface area contributed by atoms with Gasteiger partial charge in [-0.1, -0.05) is 42.3 Å². The van der Waals surface area contributed by atoms with E-state index in [4.69, 9.17) is 23.2 Å². The van der Waals surface area contributed by atoms with Crippen LogP contribution >= 0.6 is 23.2 Å². The standard InChI is InChI=1S/C22H20Cl2N4O/c1-3-15-5-8-18(27-21-10-14(2)25-13-26-21)12-20(15)28-22(29)9-6-16-4-7-17(23)11-19(16)24/h4-13H,3H2,1-2H3,(H,28,29)(H,25,26,27)/b9-6+. The van der Waals surface area contributed by atoms with E-state index in [1.165, 1.54) is 12.4 Å². The van der Waals surface area contributed by atoms with E-state index in [0.717, 1.165) is 34.6 Å². The summed E-state index contributed by atoms with van der Waals surface area (Å²) >= 11 is 12.0. The Balaban J connectivity index is 1.76. The van der Waals surface area contributed by atoms with Gasteiger partial charge < -0.3 is 10.6 Å². The minimum atomic E-state index is -0.249. The van der Waals surface area contributed by atoms with Gasteiger partial charge >= 0.3 is 0 Å². The van der Waals surface area contributed by atoms with Crippen molar-refractivity contribution in [3.8, 4) is 0 Å². The fraction of sp³-hybridized carbons (Fsp3) is 0.136. The van der Waals surface area contributed by atoms with Gasteiger partial charge in [-0.05, 0) is 54.8 Å². The number of carbonyl (C=O) groups excluding carboxylic acids is 1. The first-order valence-electron chi connectivity index (χ1n) is 9.07. The minimum absolute atomic E-state index is 0.249. The van der Waals surface area contributed by atoms with Crippen LogP contribution in [-0.4, -0.2) is 15.9 Å². The molecule has 0 unspecified atom stereocenters. The maximum absolute atomic E-state index is 12.4. The molecule has 0 fully saturated rings. The van der Waals surface area contributed by atoms with Crippen molar-refractivity contribution in [3.63, 3.8) is 0 Å². The van der Waals surface area contributed by atoms with Crippen LogP contribution in [0.1, 0.15) is 23.7 Å². The predicted molar refractivity (Wildman–Crippen MR) is 120 cm³/mol. The van der Waals surface area contributed by atoms with Crippen molar-refractivity contribution in [1.29, 1.82) is 0 Å². The van der Waals surface area contributed by atoms with E-state index in [0.29, 0.717) is 15.9 Å². The van der Waals surface area contributed by atoms with Gasteiger partial charge in [-0.3, -0.25) is 4.79 Å². The summed E-state index contributed by atoms with van der Waals surface area (Å²) in [5.41, 5.74) is 4.17. The molecule has 2 aromatic carbocycles. The average molecular weight is 427 g/mol. The number of benzene rings is 2. The number of aryl methyl sites for hydroxylation is 2. The Morgan fingerprint density at radius 1 is 1.10 bits per heavy atom. The molecule has 1 amide bonds. The number of nitrogens with zero attached hydrogens (tertiary/aromatic N) is 2. The maximum atomic E-state index is 12.4. The second-order valence-corrected chi connectivity index (χ2v) is 7.23. The highest BCUT2D eigenvalue weighted by Gasteiger charge is 2.07. The quantitative estimate of drug-likeness (QED) is 0.470. The van der Waals surface area contributed by atoms with Crippen molar-refractivity contribution in [3.05, 3.63) is 81.7 Å². The van der Waals surface area contributed by atoms with Gasteiger partial charge in [0.15, 0.2) is 0 Å². The van der Waals surface area contributed by atoms with Crippen molar-refractivity contribution in [1.82, 2.24) is 9.97 Å². The Kier molecular flexibility index (Phi) is 6.86. The minimum Gasteiger partial charge on any atom is -0.340 e. The molecule has 0 spiro atoms. The molecule has 5 nitrogen and oxygen atoms in total. The zero-order valence-electron chi connectivity index (χ0n) is 16.0. The lowest BCUT2D eigenvalue weighted by Crippen LogP contribution is -2.10. The van der Waals surface area contributed by atoms with Gasteiger partial charge in [0.05, 0.1) is 0 Å². The Morgan fingerprint density at radius 3 is 2.66 bits per heavy atom. The van der Waals surface area contributed by atoms with Crippen LogP contribution in [0.15, 0.2) is 54.9 Å². The van der Waals surface area contributed by atoms with Crippen molar-refractivity contribution in [2.75, 3.05) is 10.6 Å².